The van der Waals surface area contributed by atoms with Crippen molar-refractivity contribution in [3.63, 3.8) is 0 Å². The predicted molar refractivity (Wildman–Crippen MR) is 281 cm³/mol. The molecule has 3 aromatic rings. The van der Waals surface area contributed by atoms with Crippen LogP contribution >= 0.6 is 21.6 Å². The molecule has 4 aliphatic rings. The maximum absolute atomic E-state index is 15.8. The summed E-state index contributed by atoms with van der Waals surface area (Å²) in [6.45, 7) is 7.44. The van der Waals surface area contributed by atoms with Gasteiger partial charge < -0.3 is 58.5 Å². The number of aliphatic hydroxyl groups excluding tert-OH is 1. The Labute approximate surface area is 463 Å². The first-order chi connectivity index (χ1) is 37.5. The molecule has 1 heterocycles. The SMILES string of the molecule is CC(=O)O[C@H]1C(=O)[C@@]2(C)[C@H]([C@H](OC(=O)c3ccccc3)[C@]3(O)C[C@H](OC(=O)[C@H](OC(=O)OCCSSCCOC(=O)CCC(=O)O)[C@@H](NC(=O)c4ccccc4)c4ccccc4)C(C)=C1C3(C)C)[C@]1(OC(C)=O)CO[C@@H]1C[C@@H]2O. The molecule has 1 saturated heterocycles. The number of aliphatic carboxylic acids is 1. The van der Waals surface area contributed by atoms with Crippen LogP contribution in [0.3, 0.4) is 0 Å². The van der Waals surface area contributed by atoms with E-state index in [2.05, 4.69) is 5.32 Å². The van der Waals surface area contributed by atoms with Crippen molar-refractivity contribution in [2.24, 2.45) is 16.7 Å². The van der Waals surface area contributed by atoms with Crippen LogP contribution in [0.15, 0.2) is 102 Å². The minimum atomic E-state index is -2.51. The molecule has 2 bridgehead atoms. The summed E-state index contributed by atoms with van der Waals surface area (Å²) in [5.74, 6) is -8.62. The number of carboxylic acids is 1. The van der Waals surface area contributed by atoms with Crippen LogP contribution in [-0.2, 0) is 66.7 Å². The first kappa shape index (κ1) is 59.9. The lowest BCUT2D eigenvalue weighted by atomic mass is 9.44. The topological polar surface area (TPSA) is 300 Å². The first-order valence-electron chi connectivity index (χ1n) is 25.4. The number of carbonyl (C=O) groups is 9. The summed E-state index contributed by atoms with van der Waals surface area (Å²) < 4.78 is 47.1. The quantitative estimate of drug-likeness (QED) is 0.0327. The highest BCUT2D eigenvalue weighted by Gasteiger charge is 2.78. The number of aliphatic hydroxyl groups is 2. The average Bonchev–Trinajstić information content (AvgIpc) is 3.29. The van der Waals surface area contributed by atoms with E-state index in [1.807, 2.05) is 0 Å². The van der Waals surface area contributed by atoms with Gasteiger partial charge in [0.25, 0.3) is 5.91 Å². The number of esters is 5. The van der Waals surface area contributed by atoms with Crippen molar-refractivity contribution in [1.82, 2.24) is 5.32 Å². The molecule has 1 aliphatic heterocycles. The van der Waals surface area contributed by atoms with Gasteiger partial charge in [0, 0.05) is 49.2 Å². The number of benzene rings is 3. The number of ketones is 1. The number of Topliss-reactive ketones (excluding diaryl/α,β-unsaturated/α-hetero) is 1. The fourth-order valence-electron chi connectivity index (χ4n) is 11.2. The molecule has 0 spiro atoms. The third-order valence-corrected chi connectivity index (χ3v) is 17.5. The Morgan fingerprint density at radius 1 is 0.785 bits per heavy atom. The van der Waals surface area contributed by atoms with Crippen molar-refractivity contribution in [1.29, 1.82) is 0 Å². The molecule has 0 unspecified atom stereocenters. The van der Waals surface area contributed by atoms with Crippen LogP contribution in [0.5, 0.6) is 0 Å². The minimum Gasteiger partial charge on any atom is -0.481 e. The Kier molecular flexibility index (Phi) is 19.0. The third kappa shape index (κ3) is 12.6. The van der Waals surface area contributed by atoms with Gasteiger partial charge in [-0.15, -0.1) is 0 Å². The molecule has 23 heteroatoms. The van der Waals surface area contributed by atoms with E-state index in [1.165, 1.54) is 73.5 Å². The average molecular weight is 1130 g/mol. The Morgan fingerprint density at radius 2 is 1.38 bits per heavy atom. The first-order valence-corrected chi connectivity index (χ1v) is 27.9. The lowest BCUT2D eigenvalue weighted by Crippen LogP contribution is -2.82. The van der Waals surface area contributed by atoms with E-state index in [0.29, 0.717) is 5.75 Å². The maximum Gasteiger partial charge on any atom is 0.509 e. The summed E-state index contributed by atoms with van der Waals surface area (Å²) in [5.41, 5.74) is -7.83. The van der Waals surface area contributed by atoms with Gasteiger partial charge in [-0.05, 0) is 54.8 Å². The molecule has 3 aromatic carbocycles. The minimum absolute atomic E-state index is 0.00177. The Hall–Kier alpha value is -6.79. The van der Waals surface area contributed by atoms with Gasteiger partial charge in [-0.1, -0.05) is 102 Å². The van der Waals surface area contributed by atoms with E-state index in [9.17, 15) is 43.8 Å². The Morgan fingerprint density at radius 3 is 1.95 bits per heavy atom. The van der Waals surface area contributed by atoms with E-state index in [4.69, 9.17) is 43.0 Å². The van der Waals surface area contributed by atoms with E-state index < -0.39 is 131 Å². The molecule has 0 aromatic heterocycles. The lowest BCUT2D eigenvalue weighted by molar-refractivity contribution is -0.346. The fourth-order valence-corrected chi connectivity index (χ4v) is 12.8. The summed E-state index contributed by atoms with van der Waals surface area (Å²) in [5, 5.41) is 37.8. The molecule has 3 aliphatic carbocycles. The summed E-state index contributed by atoms with van der Waals surface area (Å²) in [6.07, 6.45) is -13.2. The van der Waals surface area contributed by atoms with Crippen molar-refractivity contribution in [2.75, 3.05) is 31.3 Å². The molecule has 11 atom stereocenters. The smallest absolute Gasteiger partial charge is 0.481 e. The Bertz CT molecular complexity index is 2810. The van der Waals surface area contributed by atoms with Gasteiger partial charge in [0.2, 0.25) is 6.10 Å². The molecule has 1 amide bonds. The largest absolute Gasteiger partial charge is 0.509 e. The highest BCUT2D eigenvalue weighted by atomic mass is 33.1. The second-order valence-corrected chi connectivity index (χ2v) is 23.0. The number of carbonyl (C=O) groups excluding carboxylic acids is 8. The van der Waals surface area contributed by atoms with Crippen molar-refractivity contribution in [3.05, 3.63) is 119 Å². The number of carboxylic acid groups (broad SMARTS) is 1. The highest BCUT2D eigenvalue weighted by Crippen LogP contribution is 2.64. The molecular formula is C56H63NO20S2. The van der Waals surface area contributed by atoms with Gasteiger partial charge >= 0.3 is 42.0 Å². The van der Waals surface area contributed by atoms with Crippen molar-refractivity contribution >= 4 is 75.2 Å². The normalized spacial score (nSPS) is 27.3. The number of fused-ring (bicyclic) bond motifs is 5. The number of ether oxygens (including phenoxy) is 8. The predicted octanol–water partition coefficient (Wildman–Crippen LogP) is 5.69. The van der Waals surface area contributed by atoms with Gasteiger partial charge in [-0.3, -0.25) is 28.8 Å². The monoisotopic (exact) mass is 1130 g/mol. The molecule has 79 heavy (non-hydrogen) atoms. The summed E-state index contributed by atoms with van der Waals surface area (Å²) in [4.78, 5) is 122. The van der Waals surface area contributed by atoms with Crippen molar-refractivity contribution in [3.8, 4) is 0 Å². The second-order valence-electron chi connectivity index (χ2n) is 20.3. The molecule has 0 radical (unpaired) electrons. The zero-order valence-corrected chi connectivity index (χ0v) is 45.9. The van der Waals surface area contributed by atoms with Crippen LogP contribution in [0.1, 0.15) is 99.5 Å². The summed E-state index contributed by atoms with van der Waals surface area (Å²) in [6, 6.07) is 22.2. The molecule has 7 rings (SSSR count). The van der Waals surface area contributed by atoms with Crippen LogP contribution in [-0.4, -0.2) is 148 Å². The van der Waals surface area contributed by atoms with Gasteiger partial charge in [0.1, 0.15) is 43.2 Å². The number of nitrogens with one attached hydrogen (secondary N) is 1. The molecule has 21 nitrogen and oxygen atoms in total. The molecule has 4 N–H and O–H groups in total. The third-order valence-electron chi connectivity index (χ3n) is 15.1. The van der Waals surface area contributed by atoms with Crippen LogP contribution in [0.25, 0.3) is 0 Å². The molecule has 3 fully saturated rings. The van der Waals surface area contributed by atoms with Crippen LogP contribution in [0.2, 0.25) is 0 Å². The highest BCUT2D eigenvalue weighted by molar-refractivity contribution is 8.76. The van der Waals surface area contributed by atoms with E-state index in [0.717, 1.165) is 13.8 Å². The molecule has 2 saturated carbocycles. The van der Waals surface area contributed by atoms with E-state index in [-0.39, 0.29) is 72.7 Å². The summed E-state index contributed by atoms with van der Waals surface area (Å²) in [7, 11) is 2.51. The number of hydrogen-bond donors (Lipinski definition) is 4. The van der Waals surface area contributed by atoms with Gasteiger partial charge in [0.15, 0.2) is 17.5 Å². The molecular weight excluding hydrogens is 1070 g/mol. The van der Waals surface area contributed by atoms with Crippen LogP contribution < -0.4 is 5.32 Å². The van der Waals surface area contributed by atoms with E-state index in [1.54, 1.807) is 66.7 Å². The van der Waals surface area contributed by atoms with Crippen LogP contribution in [0.4, 0.5) is 4.79 Å². The lowest BCUT2D eigenvalue weighted by Gasteiger charge is -2.67. The van der Waals surface area contributed by atoms with Crippen molar-refractivity contribution in [2.45, 2.75) is 121 Å². The maximum atomic E-state index is 15.8. The zero-order valence-electron chi connectivity index (χ0n) is 44.2. The number of amides is 1. The standard InChI is InChI=1S/C56H63NO20S2/c1-31-37(74-51(67)45(43(34-16-10-7-11-17-34)57-49(65)35-18-12-8-13-19-35)75-52(68)71-25-27-79-78-26-24-70-41(63)23-22-40(61)62)29-56(69)48(76-50(66)36-20-14-9-15-21-36)46-54(6,38(60)28-39-55(46,30-72-39)77-33(3)59)47(64)44(73-32(2)58)42(31)53(56,4)5/h7-21,37-39,43-46,48,60,69H,22-30H2,1-6H3,(H,57,65)(H,61,62)/t37-,38-,39+,43-,44+,45+,46-,48-,54+,55-,56+/m0/s1. The van der Waals surface area contributed by atoms with Gasteiger partial charge in [0.05, 0.1) is 42.4 Å². The Balaban J connectivity index is 1.29. The molecule has 424 valence electrons. The number of hydrogen-bond acceptors (Lipinski definition) is 21. The summed E-state index contributed by atoms with van der Waals surface area (Å²) >= 11 is 0. The van der Waals surface area contributed by atoms with Gasteiger partial charge in [-0.2, -0.15) is 0 Å². The van der Waals surface area contributed by atoms with E-state index >= 15 is 9.59 Å². The van der Waals surface area contributed by atoms with Crippen molar-refractivity contribution < 1.29 is 96.4 Å². The zero-order chi connectivity index (χ0) is 57.5. The second kappa shape index (κ2) is 25.1. The van der Waals surface area contributed by atoms with Gasteiger partial charge in [-0.25, -0.2) is 14.4 Å². The van der Waals surface area contributed by atoms with Crippen LogP contribution in [0, 0.1) is 16.7 Å². The fraction of sp³-hybridized carbons (Fsp3) is 0.482. The number of rotatable bonds is 21.